The van der Waals surface area contributed by atoms with E-state index in [0.29, 0.717) is 11.4 Å². The Kier molecular flexibility index (Phi) is 4.87. The minimum absolute atomic E-state index is 0.318. The van der Waals surface area contributed by atoms with Crippen molar-refractivity contribution >= 4 is 23.1 Å². The summed E-state index contributed by atoms with van der Waals surface area (Å²) in [7, 11) is 4.04. The molecule has 106 valence electrons. The molecule has 0 saturated carbocycles. The van der Waals surface area contributed by atoms with Gasteiger partial charge in [-0.25, -0.2) is 0 Å². The first-order valence-corrected chi connectivity index (χ1v) is 7.81. The lowest BCUT2D eigenvalue weighted by atomic mass is 10.1. The zero-order valence-electron chi connectivity index (χ0n) is 11.6. The first-order valence-electron chi connectivity index (χ1n) is 6.66. The molecule has 1 N–H and O–H groups in total. The largest absolute Gasteiger partial charge is 0.380 e. The molecule has 0 aromatic heterocycles. The van der Waals surface area contributed by atoms with E-state index < -0.39 is 0 Å². The van der Waals surface area contributed by atoms with Crippen LogP contribution in [0.2, 0.25) is 0 Å². The standard InChI is InChI=1S/C13H21N3O2S/c1-15(2)5-3-4-14-10-11(13(18)12(10)17)16-6-8-19-9-7-16/h14H,3-9H2,1-2H3. The van der Waals surface area contributed by atoms with Crippen molar-refractivity contribution in [2.24, 2.45) is 0 Å². The molecule has 2 rings (SSSR count). The zero-order valence-corrected chi connectivity index (χ0v) is 12.4. The average Bonchev–Trinajstić information content (AvgIpc) is 2.42. The van der Waals surface area contributed by atoms with Gasteiger partial charge in [-0.05, 0) is 27.1 Å². The SMILES string of the molecule is CN(C)CCCNc1c(N2CCSCC2)c(=O)c1=O. The summed E-state index contributed by atoms with van der Waals surface area (Å²) in [5.74, 6) is 2.05. The number of thioether (sulfide) groups is 1. The summed E-state index contributed by atoms with van der Waals surface area (Å²) >= 11 is 1.89. The fraction of sp³-hybridized carbons (Fsp3) is 0.692. The molecule has 6 heteroatoms. The fourth-order valence-electron chi connectivity index (χ4n) is 2.24. The lowest BCUT2D eigenvalue weighted by molar-refractivity contribution is 0.405. The maximum atomic E-state index is 11.7. The van der Waals surface area contributed by atoms with Crippen LogP contribution in [0.5, 0.6) is 0 Å². The van der Waals surface area contributed by atoms with Gasteiger partial charge in [-0.1, -0.05) is 0 Å². The van der Waals surface area contributed by atoms with Crippen molar-refractivity contribution in [3.05, 3.63) is 20.4 Å². The Morgan fingerprint density at radius 1 is 1.21 bits per heavy atom. The second kappa shape index (κ2) is 6.43. The molecule has 0 aliphatic carbocycles. The highest BCUT2D eigenvalue weighted by Crippen LogP contribution is 2.23. The van der Waals surface area contributed by atoms with Crippen LogP contribution in [0.25, 0.3) is 0 Å². The number of rotatable bonds is 6. The first kappa shape index (κ1) is 14.4. The monoisotopic (exact) mass is 283 g/mol. The molecule has 0 spiro atoms. The van der Waals surface area contributed by atoms with E-state index in [0.717, 1.165) is 44.1 Å². The van der Waals surface area contributed by atoms with Gasteiger partial charge in [0, 0.05) is 31.1 Å². The normalized spacial score (nSPS) is 16.3. The molecule has 1 heterocycles. The van der Waals surface area contributed by atoms with E-state index in [4.69, 9.17) is 0 Å². The van der Waals surface area contributed by atoms with Gasteiger partial charge < -0.3 is 15.1 Å². The Hall–Kier alpha value is -1.01. The smallest absolute Gasteiger partial charge is 0.253 e. The van der Waals surface area contributed by atoms with Crippen LogP contribution < -0.4 is 21.1 Å². The Labute approximate surface area is 117 Å². The number of nitrogens with zero attached hydrogens (tertiary/aromatic N) is 2. The van der Waals surface area contributed by atoms with Crippen LogP contribution in [-0.2, 0) is 0 Å². The van der Waals surface area contributed by atoms with Gasteiger partial charge in [-0.3, -0.25) is 9.59 Å². The summed E-state index contributed by atoms with van der Waals surface area (Å²) < 4.78 is 0. The predicted octanol–water partition coefficient (Wildman–Crippen LogP) is 0.199. The van der Waals surface area contributed by atoms with Crippen molar-refractivity contribution in [2.75, 3.05) is 62.0 Å². The van der Waals surface area contributed by atoms with Crippen molar-refractivity contribution in [3.8, 4) is 0 Å². The highest BCUT2D eigenvalue weighted by molar-refractivity contribution is 7.99. The van der Waals surface area contributed by atoms with Gasteiger partial charge in [-0.2, -0.15) is 11.8 Å². The Morgan fingerprint density at radius 3 is 2.53 bits per heavy atom. The van der Waals surface area contributed by atoms with Crippen molar-refractivity contribution < 1.29 is 0 Å². The van der Waals surface area contributed by atoms with Crippen molar-refractivity contribution in [1.29, 1.82) is 0 Å². The maximum absolute atomic E-state index is 11.7. The van der Waals surface area contributed by atoms with E-state index in [1.54, 1.807) is 0 Å². The molecular formula is C13H21N3O2S. The molecule has 1 aromatic carbocycles. The summed E-state index contributed by atoms with van der Waals surface area (Å²) in [6.45, 7) is 3.43. The van der Waals surface area contributed by atoms with Crippen LogP contribution in [-0.4, -0.2) is 56.7 Å². The molecule has 0 bridgehead atoms. The van der Waals surface area contributed by atoms with Gasteiger partial charge >= 0.3 is 0 Å². The Morgan fingerprint density at radius 2 is 1.89 bits per heavy atom. The number of hydrogen-bond acceptors (Lipinski definition) is 6. The van der Waals surface area contributed by atoms with Crippen molar-refractivity contribution in [1.82, 2.24) is 4.90 Å². The van der Waals surface area contributed by atoms with E-state index in [-0.39, 0.29) is 10.9 Å². The quantitative estimate of drug-likeness (QED) is 0.594. The highest BCUT2D eigenvalue weighted by atomic mass is 32.2. The minimum atomic E-state index is -0.349. The maximum Gasteiger partial charge on any atom is 0.253 e. The minimum Gasteiger partial charge on any atom is -0.380 e. The van der Waals surface area contributed by atoms with E-state index >= 15 is 0 Å². The predicted molar refractivity (Wildman–Crippen MR) is 82.6 cm³/mol. The van der Waals surface area contributed by atoms with Gasteiger partial charge in [0.15, 0.2) is 0 Å². The van der Waals surface area contributed by atoms with Crippen LogP contribution in [0.15, 0.2) is 9.59 Å². The zero-order chi connectivity index (χ0) is 13.8. The molecule has 1 saturated heterocycles. The van der Waals surface area contributed by atoms with Crippen LogP contribution in [0, 0.1) is 0 Å². The van der Waals surface area contributed by atoms with E-state index in [2.05, 4.69) is 15.1 Å². The first-order chi connectivity index (χ1) is 9.11. The van der Waals surface area contributed by atoms with Crippen molar-refractivity contribution in [3.63, 3.8) is 0 Å². The Bertz CT molecular complexity index is 488. The molecule has 1 fully saturated rings. The van der Waals surface area contributed by atoms with E-state index in [1.807, 2.05) is 25.9 Å². The Balaban J connectivity index is 1.95. The van der Waals surface area contributed by atoms with Gasteiger partial charge in [0.2, 0.25) is 0 Å². The fourth-order valence-corrected chi connectivity index (χ4v) is 3.14. The number of nitrogens with one attached hydrogen (secondary N) is 1. The molecular weight excluding hydrogens is 262 g/mol. The second-order valence-electron chi connectivity index (χ2n) is 5.06. The summed E-state index contributed by atoms with van der Waals surface area (Å²) in [4.78, 5) is 27.5. The highest BCUT2D eigenvalue weighted by Gasteiger charge is 2.26. The lowest BCUT2D eigenvalue weighted by Gasteiger charge is -2.30. The third-order valence-electron chi connectivity index (χ3n) is 3.30. The number of anilines is 2. The molecule has 0 radical (unpaired) electrons. The molecule has 0 unspecified atom stereocenters. The van der Waals surface area contributed by atoms with Gasteiger partial charge in [-0.15, -0.1) is 0 Å². The number of hydrogen-bond donors (Lipinski definition) is 1. The molecule has 5 nitrogen and oxygen atoms in total. The topological polar surface area (TPSA) is 52.6 Å². The molecule has 1 aliphatic rings. The summed E-state index contributed by atoms with van der Waals surface area (Å²) in [5, 5.41) is 3.14. The van der Waals surface area contributed by atoms with Gasteiger partial charge in [0.1, 0.15) is 11.4 Å². The van der Waals surface area contributed by atoms with Crippen LogP contribution >= 0.6 is 11.8 Å². The summed E-state index contributed by atoms with van der Waals surface area (Å²) in [5.41, 5.74) is 0.492. The van der Waals surface area contributed by atoms with Crippen LogP contribution in [0.1, 0.15) is 6.42 Å². The lowest BCUT2D eigenvalue weighted by Crippen LogP contribution is -2.45. The molecule has 19 heavy (non-hydrogen) atoms. The van der Waals surface area contributed by atoms with Crippen molar-refractivity contribution in [2.45, 2.75) is 6.42 Å². The average molecular weight is 283 g/mol. The summed E-state index contributed by atoms with van der Waals surface area (Å²) in [6, 6.07) is 0. The second-order valence-corrected chi connectivity index (χ2v) is 6.29. The van der Waals surface area contributed by atoms with Crippen LogP contribution in [0.3, 0.4) is 0 Å². The third-order valence-corrected chi connectivity index (χ3v) is 4.24. The molecule has 1 aromatic rings. The van der Waals surface area contributed by atoms with Gasteiger partial charge in [0.25, 0.3) is 10.9 Å². The van der Waals surface area contributed by atoms with Gasteiger partial charge in [0.05, 0.1) is 0 Å². The summed E-state index contributed by atoms with van der Waals surface area (Å²) in [6.07, 6.45) is 0.959. The van der Waals surface area contributed by atoms with E-state index in [1.165, 1.54) is 0 Å². The molecule has 0 amide bonds. The van der Waals surface area contributed by atoms with E-state index in [9.17, 15) is 9.59 Å². The third kappa shape index (κ3) is 3.30. The molecule has 1 aliphatic heterocycles. The molecule has 0 atom stereocenters. The van der Waals surface area contributed by atoms with Crippen LogP contribution in [0.4, 0.5) is 11.4 Å².